The van der Waals surface area contributed by atoms with Crippen LogP contribution in [0, 0.1) is 0 Å². The summed E-state index contributed by atoms with van der Waals surface area (Å²) in [6, 6.07) is 16.4. The highest BCUT2D eigenvalue weighted by atomic mass is 32.2. The molecule has 4 rings (SSSR count). The van der Waals surface area contributed by atoms with Gasteiger partial charge < -0.3 is 14.8 Å². The summed E-state index contributed by atoms with van der Waals surface area (Å²) in [7, 11) is 1.34. The van der Waals surface area contributed by atoms with Gasteiger partial charge >= 0.3 is 11.9 Å². The van der Waals surface area contributed by atoms with E-state index in [2.05, 4.69) is 22.4 Å². The van der Waals surface area contributed by atoms with Gasteiger partial charge in [0.05, 0.1) is 24.4 Å². The Bertz CT molecular complexity index is 1220. The van der Waals surface area contributed by atoms with E-state index in [-0.39, 0.29) is 6.10 Å². The second-order valence-corrected chi connectivity index (χ2v) is 9.01. The molecule has 0 saturated carbocycles. The van der Waals surface area contributed by atoms with Gasteiger partial charge in [0.2, 0.25) is 11.1 Å². The van der Waals surface area contributed by atoms with E-state index < -0.39 is 18.0 Å². The topological polar surface area (TPSA) is 95.3 Å². The number of nitrogens with one attached hydrogen (secondary N) is 1. The van der Waals surface area contributed by atoms with Crippen LogP contribution in [0.5, 0.6) is 0 Å². The predicted molar refractivity (Wildman–Crippen MR) is 129 cm³/mol. The Labute approximate surface area is 202 Å². The lowest BCUT2D eigenvalue weighted by Gasteiger charge is -2.28. The molecular formula is C25H26N4O4S. The highest BCUT2D eigenvalue weighted by molar-refractivity contribution is 7.98. The first-order valence-corrected chi connectivity index (χ1v) is 11.9. The molecule has 0 spiro atoms. The standard InChI is InChI=1S/C25H26N4O4S/c1-15(2)33-23(31)20-16(3)26-24-27-25(34-14-17-8-6-5-7-9-17)28-29(24)21(20)18-10-12-19(13-11-18)22(30)32-4/h5-13,15,21H,14H2,1-4H3,(H,26,27,28). The average molecular weight is 479 g/mol. The van der Waals surface area contributed by atoms with Gasteiger partial charge in [0, 0.05) is 11.4 Å². The summed E-state index contributed by atoms with van der Waals surface area (Å²) in [6.45, 7) is 5.44. The number of thioether (sulfide) groups is 1. The van der Waals surface area contributed by atoms with Crippen molar-refractivity contribution in [2.24, 2.45) is 0 Å². The summed E-state index contributed by atoms with van der Waals surface area (Å²) >= 11 is 1.52. The number of esters is 2. The van der Waals surface area contributed by atoms with Gasteiger partial charge in [0.25, 0.3) is 0 Å². The van der Waals surface area contributed by atoms with E-state index in [1.54, 1.807) is 28.9 Å². The number of hydrogen-bond donors (Lipinski definition) is 1. The van der Waals surface area contributed by atoms with E-state index in [9.17, 15) is 9.59 Å². The molecule has 0 amide bonds. The van der Waals surface area contributed by atoms with Crippen LogP contribution in [0.1, 0.15) is 48.3 Å². The van der Waals surface area contributed by atoms with Crippen molar-refractivity contribution in [1.82, 2.24) is 14.8 Å². The Morgan fingerprint density at radius 2 is 1.79 bits per heavy atom. The molecule has 176 valence electrons. The minimum absolute atomic E-state index is 0.274. The fourth-order valence-electron chi connectivity index (χ4n) is 3.68. The minimum Gasteiger partial charge on any atom is -0.465 e. The van der Waals surface area contributed by atoms with Crippen molar-refractivity contribution in [1.29, 1.82) is 0 Å². The quantitative estimate of drug-likeness (QED) is 0.389. The number of carbonyl (C=O) groups is 2. The molecule has 34 heavy (non-hydrogen) atoms. The zero-order chi connectivity index (χ0) is 24.2. The number of carbonyl (C=O) groups excluding carboxylic acids is 2. The molecule has 8 nitrogen and oxygen atoms in total. The van der Waals surface area contributed by atoms with Crippen molar-refractivity contribution in [3.8, 4) is 0 Å². The number of rotatable bonds is 7. The van der Waals surface area contributed by atoms with Crippen LogP contribution < -0.4 is 5.32 Å². The van der Waals surface area contributed by atoms with Crippen LogP contribution >= 0.6 is 11.8 Å². The third-order valence-electron chi connectivity index (χ3n) is 5.25. The van der Waals surface area contributed by atoms with Crippen molar-refractivity contribution < 1.29 is 19.1 Å². The molecule has 2 heterocycles. The van der Waals surface area contributed by atoms with Crippen LogP contribution in [0.3, 0.4) is 0 Å². The van der Waals surface area contributed by atoms with E-state index in [1.807, 2.05) is 39.0 Å². The summed E-state index contributed by atoms with van der Waals surface area (Å²) in [4.78, 5) is 29.6. The molecule has 0 radical (unpaired) electrons. The van der Waals surface area contributed by atoms with Crippen molar-refractivity contribution in [2.45, 2.75) is 43.8 Å². The van der Waals surface area contributed by atoms with Crippen LogP contribution in [0.2, 0.25) is 0 Å². The van der Waals surface area contributed by atoms with E-state index in [1.165, 1.54) is 24.4 Å². The van der Waals surface area contributed by atoms with Gasteiger partial charge in [-0.15, -0.1) is 5.10 Å². The van der Waals surface area contributed by atoms with Gasteiger partial charge in [-0.05, 0) is 44.0 Å². The fraction of sp³-hybridized carbons (Fsp3) is 0.280. The highest BCUT2D eigenvalue weighted by Crippen LogP contribution is 2.37. The summed E-state index contributed by atoms with van der Waals surface area (Å²) in [5, 5.41) is 8.51. The number of anilines is 1. The first-order chi connectivity index (χ1) is 16.4. The number of aromatic nitrogens is 3. The lowest BCUT2D eigenvalue weighted by atomic mass is 9.95. The van der Waals surface area contributed by atoms with Gasteiger partial charge in [-0.2, -0.15) is 4.98 Å². The van der Waals surface area contributed by atoms with Gasteiger partial charge in [0.15, 0.2) is 0 Å². The molecule has 2 aromatic carbocycles. The summed E-state index contributed by atoms with van der Waals surface area (Å²) < 4.78 is 12.0. The van der Waals surface area contributed by atoms with Gasteiger partial charge in [-0.3, -0.25) is 0 Å². The van der Waals surface area contributed by atoms with Crippen molar-refractivity contribution >= 4 is 29.6 Å². The van der Waals surface area contributed by atoms with Crippen LogP contribution in [0.15, 0.2) is 71.0 Å². The number of benzene rings is 2. The van der Waals surface area contributed by atoms with E-state index >= 15 is 0 Å². The Balaban J connectivity index is 1.71. The van der Waals surface area contributed by atoms with E-state index in [0.717, 1.165) is 11.3 Å². The zero-order valence-corrected chi connectivity index (χ0v) is 20.3. The molecule has 0 bridgehead atoms. The summed E-state index contributed by atoms with van der Waals surface area (Å²) in [6.07, 6.45) is -0.274. The van der Waals surface area contributed by atoms with Gasteiger partial charge in [-0.25, -0.2) is 14.3 Å². The summed E-state index contributed by atoms with van der Waals surface area (Å²) in [5.41, 5.74) is 3.45. The number of methoxy groups -OCH3 is 1. The third-order valence-corrected chi connectivity index (χ3v) is 6.16. The minimum atomic E-state index is -0.562. The largest absolute Gasteiger partial charge is 0.465 e. The maximum Gasteiger partial charge on any atom is 0.338 e. The molecule has 1 aromatic heterocycles. The first-order valence-electron chi connectivity index (χ1n) is 10.9. The Morgan fingerprint density at radius 3 is 2.44 bits per heavy atom. The maximum absolute atomic E-state index is 13.1. The van der Waals surface area contributed by atoms with Crippen LogP contribution in [-0.4, -0.2) is 39.9 Å². The summed E-state index contributed by atoms with van der Waals surface area (Å²) in [5.74, 6) is 0.402. The molecule has 1 atom stereocenters. The fourth-order valence-corrected chi connectivity index (χ4v) is 4.47. The molecule has 0 saturated heterocycles. The van der Waals surface area contributed by atoms with Crippen LogP contribution in [0.25, 0.3) is 0 Å². The second-order valence-electron chi connectivity index (χ2n) is 8.07. The number of allylic oxidation sites excluding steroid dienone is 1. The molecule has 1 aliphatic heterocycles. The highest BCUT2D eigenvalue weighted by Gasteiger charge is 2.35. The van der Waals surface area contributed by atoms with Gasteiger partial charge in [0.1, 0.15) is 6.04 Å². The van der Waals surface area contributed by atoms with Crippen molar-refractivity contribution in [3.05, 3.63) is 82.6 Å². The number of ether oxygens (including phenoxy) is 2. The monoisotopic (exact) mass is 478 g/mol. The van der Waals surface area contributed by atoms with E-state index in [0.29, 0.717) is 27.9 Å². The first kappa shape index (κ1) is 23.6. The molecule has 0 aliphatic carbocycles. The molecule has 9 heteroatoms. The van der Waals surface area contributed by atoms with Crippen molar-refractivity contribution in [2.75, 3.05) is 12.4 Å². The normalized spacial score (nSPS) is 15.0. The molecular weight excluding hydrogens is 452 g/mol. The zero-order valence-electron chi connectivity index (χ0n) is 19.4. The molecule has 3 aromatic rings. The Kier molecular flexibility index (Phi) is 7.02. The third kappa shape index (κ3) is 4.99. The maximum atomic E-state index is 13.1. The van der Waals surface area contributed by atoms with Crippen LogP contribution in [0.4, 0.5) is 5.95 Å². The smallest absolute Gasteiger partial charge is 0.338 e. The molecule has 1 unspecified atom stereocenters. The SMILES string of the molecule is COC(=O)c1ccc(C2C(C(=O)OC(C)C)=C(C)Nc3nc(SCc4ccccc4)nn32)cc1. The van der Waals surface area contributed by atoms with Crippen LogP contribution in [-0.2, 0) is 20.0 Å². The average Bonchev–Trinajstić information content (AvgIpc) is 3.24. The lowest BCUT2D eigenvalue weighted by molar-refractivity contribution is -0.143. The Hall–Kier alpha value is -3.59. The second kappa shape index (κ2) is 10.1. The lowest BCUT2D eigenvalue weighted by Crippen LogP contribution is -2.30. The Morgan fingerprint density at radius 1 is 1.09 bits per heavy atom. The van der Waals surface area contributed by atoms with Gasteiger partial charge in [-0.1, -0.05) is 54.2 Å². The number of hydrogen-bond acceptors (Lipinski definition) is 8. The molecule has 1 N–H and O–H groups in total. The predicted octanol–water partition coefficient (Wildman–Crippen LogP) is 4.60. The van der Waals surface area contributed by atoms with E-state index in [4.69, 9.17) is 14.6 Å². The molecule has 1 aliphatic rings. The van der Waals surface area contributed by atoms with Crippen molar-refractivity contribution in [3.63, 3.8) is 0 Å². The number of nitrogens with zero attached hydrogens (tertiary/aromatic N) is 3. The molecule has 0 fully saturated rings. The number of fused-ring (bicyclic) bond motifs is 1.